The van der Waals surface area contributed by atoms with Crippen LogP contribution in [0.1, 0.15) is 49.9 Å². The topological polar surface area (TPSA) is 51.2 Å². The van der Waals surface area contributed by atoms with Gasteiger partial charge < -0.3 is 10.1 Å². The van der Waals surface area contributed by atoms with Crippen molar-refractivity contribution in [3.63, 3.8) is 0 Å². The summed E-state index contributed by atoms with van der Waals surface area (Å²) < 4.78 is 5.94. The maximum atomic E-state index is 12.6. The highest BCUT2D eigenvalue weighted by molar-refractivity contribution is 7.07. The van der Waals surface area contributed by atoms with Crippen LogP contribution >= 0.6 is 11.3 Å². The van der Waals surface area contributed by atoms with Gasteiger partial charge in [0.25, 0.3) is 5.91 Å². The summed E-state index contributed by atoms with van der Waals surface area (Å²) in [6.07, 6.45) is 4.31. The van der Waals surface area contributed by atoms with Gasteiger partial charge in [0.15, 0.2) is 0 Å². The molecule has 5 heteroatoms. The second kappa shape index (κ2) is 8.59. The van der Waals surface area contributed by atoms with Gasteiger partial charge in [0.1, 0.15) is 0 Å². The van der Waals surface area contributed by atoms with Crippen molar-refractivity contribution in [1.29, 1.82) is 0 Å². The van der Waals surface area contributed by atoms with E-state index in [1.165, 1.54) is 0 Å². The minimum atomic E-state index is 0.0000229. The molecule has 4 nitrogen and oxygen atoms in total. The van der Waals surface area contributed by atoms with E-state index < -0.39 is 0 Å². The van der Waals surface area contributed by atoms with E-state index in [0.717, 1.165) is 43.5 Å². The van der Waals surface area contributed by atoms with Gasteiger partial charge in [-0.1, -0.05) is 38.8 Å². The fourth-order valence-electron chi connectivity index (χ4n) is 3.52. The van der Waals surface area contributed by atoms with Crippen LogP contribution in [0.25, 0.3) is 11.3 Å². The Labute approximate surface area is 153 Å². The lowest BCUT2D eigenvalue weighted by molar-refractivity contribution is -0.0337. The molecule has 2 atom stereocenters. The molecule has 1 aromatic carbocycles. The maximum Gasteiger partial charge on any atom is 0.251 e. The van der Waals surface area contributed by atoms with E-state index >= 15 is 0 Å². The van der Waals surface area contributed by atoms with Gasteiger partial charge in [-0.3, -0.25) is 4.79 Å². The molecule has 0 aliphatic carbocycles. The van der Waals surface area contributed by atoms with E-state index in [4.69, 9.17) is 4.74 Å². The maximum absolute atomic E-state index is 12.6. The monoisotopic (exact) mass is 358 g/mol. The quantitative estimate of drug-likeness (QED) is 0.826. The lowest BCUT2D eigenvalue weighted by atomic mass is 9.89. The minimum absolute atomic E-state index is 0.0000229. The van der Waals surface area contributed by atoms with Crippen molar-refractivity contribution in [2.45, 2.75) is 51.7 Å². The zero-order valence-electron chi connectivity index (χ0n) is 14.9. The first kappa shape index (κ1) is 18.1. The Hall–Kier alpha value is -1.72. The molecule has 0 radical (unpaired) electrons. The summed E-state index contributed by atoms with van der Waals surface area (Å²) in [4.78, 5) is 16.9. The molecule has 1 aliphatic heterocycles. The predicted octanol–water partition coefficient (Wildman–Crippen LogP) is 4.52. The van der Waals surface area contributed by atoms with Gasteiger partial charge in [0, 0.05) is 29.2 Å². The Morgan fingerprint density at radius 3 is 2.72 bits per heavy atom. The zero-order chi connectivity index (χ0) is 17.6. The molecule has 0 spiro atoms. The first-order chi connectivity index (χ1) is 12.2. The normalized spacial score (nSPS) is 20.6. The number of hydrogen-bond acceptors (Lipinski definition) is 4. The van der Waals surface area contributed by atoms with E-state index in [1.54, 1.807) is 11.3 Å². The van der Waals surface area contributed by atoms with Gasteiger partial charge in [-0.2, -0.15) is 0 Å². The van der Waals surface area contributed by atoms with E-state index in [0.29, 0.717) is 11.5 Å². The van der Waals surface area contributed by atoms with Crippen molar-refractivity contribution in [2.75, 3.05) is 6.61 Å². The van der Waals surface area contributed by atoms with Crippen LogP contribution in [0, 0.1) is 5.92 Å². The lowest BCUT2D eigenvalue weighted by Crippen LogP contribution is -2.44. The Morgan fingerprint density at radius 2 is 2.08 bits per heavy atom. The lowest BCUT2D eigenvalue weighted by Gasteiger charge is -2.34. The molecule has 2 heterocycles. The van der Waals surface area contributed by atoms with Crippen LogP contribution in [0.15, 0.2) is 35.2 Å². The second-order valence-corrected chi connectivity index (χ2v) is 7.35. The van der Waals surface area contributed by atoms with Crippen molar-refractivity contribution >= 4 is 17.2 Å². The number of ether oxygens (including phenoxy) is 1. The summed E-state index contributed by atoms with van der Waals surface area (Å²) in [5.41, 5.74) is 4.51. The van der Waals surface area contributed by atoms with Crippen LogP contribution in [-0.2, 0) is 4.74 Å². The number of carbonyl (C=O) groups is 1. The summed E-state index contributed by atoms with van der Waals surface area (Å²) in [5.74, 6) is 0.581. The van der Waals surface area contributed by atoms with Gasteiger partial charge in [0.2, 0.25) is 0 Å². The highest BCUT2D eigenvalue weighted by Crippen LogP contribution is 2.25. The molecular formula is C20H26N2O2S. The van der Waals surface area contributed by atoms with Crippen molar-refractivity contribution in [3.05, 3.63) is 40.7 Å². The Balaban J connectivity index is 1.60. The van der Waals surface area contributed by atoms with Crippen LogP contribution in [0.4, 0.5) is 0 Å². The molecule has 1 aromatic heterocycles. The van der Waals surface area contributed by atoms with Gasteiger partial charge in [-0.25, -0.2) is 4.98 Å². The van der Waals surface area contributed by atoms with Crippen LogP contribution in [0.3, 0.4) is 0 Å². The Morgan fingerprint density at radius 1 is 1.32 bits per heavy atom. The number of hydrogen-bond donors (Lipinski definition) is 1. The molecule has 0 bridgehead atoms. The van der Waals surface area contributed by atoms with Crippen molar-refractivity contribution in [2.24, 2.45) is 5.92 Å². The molecule has 3 rings (SSSR count). The van der Waals surface area contributed by atoms with Crippen molar-refractivity contribution in [3.8, 4) is 11.3 Å². The van der Waals surface area contributed by atoms with Crippen LogP contribution in [0.5, 0.6) is 0 Å². The molecule has 25 heavy (non-hydrogen) atoms. The number of aromatic nitrogens is 1. The third-order valence-corrected chi connectivity index (χ3v) is 5.69. The molecule has 1 fully saturated rings. The number of rotatable bonds is 6. The molecule has 134 valence electrons. The smallest absolute Gasteiger partial charge is 0.251 e. The van der Waals surface area contributed by atoms with Gasteiger partial charge in [0.05, 0.1) is 17.3 Å². The van der Waals surface area contributed by atoms with Crippen LogP contribution < -0.4 is 5.32 Å². The van der Waals surface area contributed by atoms with Gasteiger partial charge in [-0.05, 0) is 30.9 Å². The molecule has 1 N–H and O–H groups in total. The molecule has 1 aliphatic rings. The summed E-state index contributed by atoms with van der Waals surface area (Å²) >= 11 is 1.57. The summed E-state index contributed by atoms with van der Waals surface area (Å²) in [5, 5.41) is 5.20. The fraction of sp³-hybridized carbons (Fsp3) is 0.500. The molecule has 1 amide bonds. The highest BCUT2D eigenvalue weighted by atomic mass is 32.1. The highest BCUT2D eigenvalue weighted by Gasteiger charge is 2.28. The molecule has 2 unspecified atom stereocenters. The predicted molar refractivity (Wildman–Crippen MR) is 102 cm³/mol. The first-order valence-corrected chi connectivity index (χ1v) is 10.1. The second-order valence-electron chi connectivity index (χ2n) is 6.63. The van der Waals surface area contributed by atoms with Crippen molar-refractivity contribution < 1.29 is 9.53 Å². The Bertz CT molecular complexity index is 666. The van der Waals surface area contributed by atoms with E-state index in [1.807, 2.05) is 35.2 Å². The molecule has 1 saturated heterocycles. The molecular weight excluding hydrogens is 332 g/mol. The van der Waals surface area contributed by atoms with Crippen molar-refractivity contribution in [1.82, 2.24) is 10.3 Å². The third-order valence-electron chi connectivity index (χ3n) is 5.10. The van der Waals surface area contributed by atoms with Crippen LogP contribution in [-0.4, -0.2) is 29.6 Å². The number of nitrogens with zero attached hydrogens (tertiary/aromatic N) is 1. The third kappa shape index (κ3) is 4.47. The fourth-order valence-corrected chi connectivity index (χ4v) is 4.08. The van der Waals surface area contributed by atoms with Gasteiger partial charge >= 0.3 is 0 Å². The largest absolute Gasteiger partial charge is 0.378 e. The van der Waals surface area contributed by atoms with E-state index in [-0.39, 0.29) is 18.1 Å². The average molecular weight is 359 g/mol. The minimum Gasteiger partial charge on any atom is -0.378 e. The number of carbonyl (C=O) groups excluding carboxylic acids is 1. The summed E-state index contributed by atoms with van der Waals surface area (Å²) in [6.45, 7) is 5.15. The van der Waals surface area contributed by atoms with Crippen LogP contribution in [0.2, 0.25) is 0 Å². The number of nitrogens with one attached hydrogen (secondary N) is 1. The number of thiazole rings is 1. The number of amides is 1. The Kier molecular flexibility index (Phi) is 6.21. The average Bonchev–Trinajstić information content (AvgIpc) is 3.18. The van der Waals surface area contributed by atoms with E-state index in [9.17, 15) is 4.79 Å². The first-order valence-electron chi connectivity index (χ1n) is 9.12. The molecule has 0 saturated carbocycles. The van der Waals surface area contributed by atoms with E-state index in [2.05, 4.69) is 24.1 Å². The zero-order valence-corrected chi connectivity index (χ0v) is 15.7. The van der Waals surface area contributed by atoms with Gasteiger partial charge in [-0.15, -0.1) is 11.3 Å². The molecule has 2 aromatic rings. The summed E-state index contributed by atoms with van der Waals surface area (Å²) in [7, 11) is 0. The number of benzene rings is 1. The SMILES string of the molecule is CCC(CC)C1CC(NC(=O)c2ccc(-c3cscn3)cc2)CCO1. The summed E-state index contributed by atoms with van der Waals surface area (Å²) in [6, 6.07) is 7.87. The standard InChI is InChI=1S/C20H26N2O2S/c1-3-14(4-2)19-11-17(9-10-24-19)22-20(23)16-7-5-15(6-8-16)18-12-25-13-21-18/h5-8,12-14,17,19H,3-4,9-11H2,1-2H3,(H,22,23).